The van der Waals surface area contributed by atoms with Gasteiger partial charge in [-0.15, -0.1) is 0 Å². The highest BCUT2D eigenvalue weighted by molar-refractivity contribution is 5.04. The van der Waals surface area contributed by atoms with Crippen LogP contribution in [0.3, 0.4) is 0 Å². The molecule has 1 aromatic rings. The second-order valence-electron chi connectivity index (χ2n) is 7.25. The molecule has 1 spiro atoms. The van der Waals surface area contributed by atoms with E-state index in [2.05, 4.69) is 40.8 Å². The van der Waals surface area contributed by atoms with Crippen molar-refractivity contribution < 1.29 is 4.74 Å². The third-order valence-corrected chi connectivity index (χ3v) is 5.05. The third-order valence-electron chi connectivity index (χ3n) is 5.05. The number of ether oxygens (including phenoxy) is 1. The van der Waals surface area contributed by atoms with Gasteiger partial charge in [0.2, 0.25) is 0 Å². The summed E-state index contributed by atoms with van der Waals surface area (Å²) in [5.74, 6) is 0. The predicted molar refractivity (Wildman–Crippen MR) is 88.7 cm³/mol. The molecular formula is C18H29N3O. The van der Waals surface area contributed by atoms with Gasteiger partial charge in [0.15, 0.2) is 0 Å². The molecule has 2 saturated heterocycles. The number of rotatable bonds is 3. The van der Waals surface area contributed by atoms with Crippen molar-refractivity contribution in [2.24, 2.45) is 5.41 Å². The van der Waals surface area contributed by atoms with Crippen molar-refractivity contribution in [2.45, 2.75) is 39.3 Å². The largest absolute Gasteiger partial charge is 0.379 e. The Bertz CT molecular complexity index is 465. The first-order valence-electron chi connectivity index (χ1n) is 8.61. The Hall–Kier alpha value is -0.970. The van der Waals surface area contributed by atoms with Crippen molar-refractivity contribution in [2.75, 3.05) is 39.4 Å². The molecule has 0 amide bonds. The molecule has 4 heteroatoms. The monoisotopic (exact) mass is 303 g/mol. The van der Waals surface area contributed by atoms with Gasteiger partial charge in [-0.05, 0) is 45.4 Å². The highest BCUT2D eigenvalue weighted by atomic mass is 16.5. The van der Waals surface area contributed by atoms with Gasteiger partial charge >= 0.3 is 0 Å². The lowest BCUT2D eigenvalue weighted by Crippen LogP contribution is -2.51. The average molecular weight is 303 g/mol. The zero-order valence-electron chi connectivity index (χ0n) is 14.0. The lowest BCUT2D eigenvalue weighted by atomic mass is 9.79. The average Bonchev–Trinajstić information content (AvgIpc) is 2.71. The molecule has 0 N–H and O–H groups in total. The van der Waals surface area contributed by atoms with E-state index >= 15 is 0 Å². The standard InChI is InChI=1S/C18H29N3O/c1-16(2)21-10-11-22-15-18(14-21)7-5-9-20(13-18)12-17-6-3-4-8-19-17/h3-4,6,8,16H,5,7,9-15H2,1-2H3. The molecule has 3 rings (SSSR count). The van der Waals surface area contributed by atoms with Gasteiger partial charge in [-0.25, -0.2) is 0 Å². The first-order chi connectivity index (χ1) is 10.7. The number of pyridine rings is 1. The molecule has 0 saturated carbocycles. The van der Waals surface area contributed by atoms with Gasteiger partial charge in [0.25, 0.3) is 0 Å². The Balaban J connectivity index is 1.68. The molecule has 2 aliphatic rings. The number of hydrogen-bond donors (Lipinski definition) is 0. The van der Waals surface area contributed by atoms with Gasteiger partial charge < -0.3 is 4.74 Å². The molecule has 2 aliphatic heterocycles. The van der Waals surface area contributed by atoms with Gasteiger partial charge in [-0.2, -0.15) is 0 Å². The molecule has 0 aliphatic carbocycles. The predicted octanol–water partition coefficient (Wildman–Crippen LogP) is 2.40. The number of aromatic nitrogens is 1. The van der Waals surface area contributed by atoms with E-state index in [-0.39, 0.29) is 0 Å². The molecule has 2 fully saturated rings. The van der Waals surface area contributed by atoms with E-state index in [1.807, 2.05) is 12.3 Å². The van der Waals surface area contributed by atoms with Crippen LogP contribution >= 0.6 is 0 Å². The van der Waals surface area contributed by atoms with Crippen LogP contribution in [0.4, 0.5) is 0 Å². The zero-order chi connectivity index (χ0) is 15.4. The fourth-order valence-corrected chi connectivity index (χ4v) is 3.88. The van der Waals surface area contributed by atoms with Gasteiger partial charge in [0.05, 0.1) is 18.9 Å². The topological polar surface area (TPSA) is 28.6 Å². The summed E-state index contributed by atoms with van der Waals surface area (Å²) in [4.78, 5) is 9.65. The van der Waals surface area contributed by atoms with Crippen molar-refractivity contribution in [1.29, 1.82) is 0 Å². The second-order valence-corrected chi connectivity index (χ2v) is 7.25. The van der Waals surface area contributed by atoms with E-state index in [0.717, 1.165) is 32.8 Å². The minimum Gasteiger partial charge on any atom is -0.379 e. The van der Waals surface area contributed by atoms with Crippen molar-refractivity contribution in [3.63, 3.8) is 0 Å². The minimum atomic E-state index is 0.299. The van der Waals surface area contributed by atoms with Crippen LogP contribution < -0.4 is 0 Å². The Kier molecular flexibility index (Phi) is 5.11. The van der Waals surface area contributed by atoms with Crippen molar-refractivity contribution in [1.82, 2.24) is 14.8 Å². The molecule has 1 aromatic heterocycles. The quantitative estimate of drug-likeness (QED) is 0.857. The minimum absolute atomic E-state index is 0.299. The highest BCUT2D eigenvalue weighted by Gasteiger charge is 2.39. The van der Waals surface area contributed by atoms with Crippen LogP contribution in [0.2, 0.25) is 0 Å². The maximum Gasteiger partial charge on any atom is 0.0593 e. The van der Waals surface area contributed by atoms with E-state index in [9.17, 15) is 0 Å². The fraction of sp³-hybridized carbons (Fsp3) is 0.722. The van der Waals surface area contributed by atoms with Crippen LogP contribution in [-0.4, -0.2) is 60.2 Å². The van der Waals surface area contributed by atoms with Crippen molar-refractivity contribution in [3.05, 3.63) is 30.1 Å². The summed E-state index contributed by atoms with van der Waals surface area (Å²) < 4.78 is 5.98. The molecule has 0 aromatic carbocycles. The highest BCUT2D eigenvalue weighted by Crippen LogP contribution is 2.34. The maximum absolute atomic E-state index is 5.98. The Morgan fingerprint density at radius 1 is 1.27 bits per heavy atom. The van der Waals surface area contributed by atoms with Crippen LogP contribution in [-0.2, 0) is 11.3 Å². The summed E-state index contributed by atoms with van der Waals surface area (Å²) in [6.07, 6.45) is 4.45. The first kappa shape index (κ1) is 15.9. The van der Waals surface area contributed by atoms with E-state index in [4.69, 9.17) is 4.74 Å². The molecule has 0 radical (unpaired) electrons. The summed E-state index contributed by atoms with van der Waals surface area (Å²) in [6, 6.07) is 6.80. The summed E-state index contributed by atoms with van der Waals surface area (Å²) in [5, 5.41) is 0. The summed E-state index contributed by atoms with van der Waals surface area (Å²) in [5.41, 5.74) is 1.48. The Labute approximate surface area is 134 Å². The number of piperidine rings is 1. The van der Waals surface area contributed by atoms with E-state index in [1.165, 1.54) is 31.6 Å². The summed E-state index contributed by atoms with van der Waals surface area (Å²) in [7, 11) is 0. The van der Waals surface area contributed by atoms with Crippen LogP contribution in [0.15, 0.2) is 24.4 Å². The smallest absolute Gasteiger partial charge is 0.0593 e. The summed E-state index contributed by atoms with van der Waals surface area (Å²) >= 11 is 0. The number of likely N-dealkylation sites (tertiary alicyclic amines) is 1. The molecule has 1 atom stereocenters. The zero-order valence-corrected chi connectivity index (χ0v) is 14.0. The van der Waals surface area contributed by atoms with Crippen LogP contribution in [0.25, 0.3) is 0 Å². The lowest BCUT2D eigenvalue weighted by Gasteiger charge is -2.44. The van der Waals surface area contributed by atoms with E-state index < -0.39 is 0 Å². The number of hydrogen-bond acceptors (Lipinski definition) is 4. The van der Waals surface area contributed by atoms with E-state index in [0.29, 0.717) is 11.5 Å². The Morgan fingerprint density at radius 3 is 2.95 bits per heavy atom. The summed E-state index contributed by atoms with van der Waals surface area (Å²) in [6.45, 7) is 11.9. The van der Waals surface area contributed by atoms with Crippen molar-refractivity contribution in [3.8, 4) is 0 Å². The van der Waals surface area contributed by atoms with Crippen LogP contribution in [0, 0.1) is 5.41 Å². The molecule has 122 valence electrons. The molecule has 22 heavy (non-hydrogen) atoms. The van der Waals surface area contributed by atoms with Gasteiger partial charge in [-0.3, -0.25) is 14.8 Å². The SMILES string of the molecule is CC(C)N1CCOCC2(CCCN(Cc3ccccn3)C2)C1. The maximum atomic E-state index is 5.98. The molecule has 0 bridgehead atoms. The van der Waals surface area contributed by atoms with Gasteiger partial charge in [0, 0.05) is 43.8 Å². The Morgan fingerprint density at radius 2 is 2.18 bits per heavy atom. The van der Waals surface area contributed by atoms with Crippen molar-refractivity contribution >= 4 is 0 Å². The van der Waals surface area contributed by atoms with E-state index in [1.54, 1.807) is 0 Å². The first-order valence-corrected chi connectivity index (χ1v) is 8.61. The molecule has 1 unspecified atom stereocenters. The third kappa shape index (κ3) is 3.86. The van der Waals surface area contributed by atoms with Gasteiger partial charge in [0.1, 0.15) is 0 Å². The fourth-order valence-electron chi connectivity index (χ4n) is 3.88. The second kappa shape index (κ2) is 7.07. The van der Waals surface area contributed by atoms with Gasteiger partial charge in [-0.1, -0.05) is 6.07 Å². The van der Waals surface area contributed by atoms with Crippen LogP contribution in [0.5, 0.6) is 0 Å². The van der Waals surface area contributed by atoms with Crippen LogP contribution in [0.1, 0.15) is 32.4 Å². The normalized spacial score (nSPS) is 28.1. The number of nitrogens with zero attached hydrogens (tertiary/aromatic N) is 3. The molecule has 4 nitrogen and oxygen atoms in total. The molecular weight excluding hydrogens is 274 g/mol. The molecule has 3 heterocycles. The lowest BCUT2D eigenvalue weighted by molar-refractivity contribution is 0.000613.